The van der Waals surface area contributed by atoms with Crippen LogP contribution >= 0.6 is 0 Å². The molecule has 2 heterocycles. The van der Waals surface area contributed by atoms with E-state index in [0.717, 1.165) is 42.3 Å². The normalized spacial score (nSPS) is 13.8. The fourth-order valence-corrected chi connectivity index (χ4v) is 3.71. The molecule has 0 atom stereocenters. The monoisotopic (exact) mass is 390 g/mol. The summed E-state index contributed by atoms with van der Waals surface area (Å²) in [6.45, 7) is 3.38. The molecule has 1 aliphatic rings. The van der Waals surface area contributed by atoms with Gasteiger partial charge >= 0.3 is 0 Å². The first-order chi connectivity index (χ1) is 14.3. The maximum atomic E-state index is 12.7. The number of nitrogens with one attached hydrogen (secondary N) is 1. The van der Waals surface area contributed by atoms with Crippen molar-refractivity contribution in [2.24, 2.45) is 0 Å². The first-order valence-corrected chi connectivity index (χ1v) is 10.3. The first-order valence-electron chi connectivity index (χ1n) is 10.3. The van der Waals surface area contributed by atoms with Gasteiger partial charge in [0.15, 0.2) is 5.82 Å². The maximum Gasteiger partial charge on any atom is 0.259 e. The lowest BCUT2D eigenvalue weighted by atomic mass is 10.1. The van der Waals surface area contributed by atoms with Crippen molar-refractivity contribution >= 4 is 11.6 Å². The lowest BCUT2D eigenvalue weighted by Crippen LogP contribution is -2.13. The summed E-state index contributed by atoms with van der Waals surface area (Å²) in [5, 5.41) is 11.8. The molecule has 4 rings (SSSR count). The first kappa shape index (κ1) is 19.2. The predicted molar refractivity (Wildman–Crippen MR) is 113 cm³/mol. The molecule has 0 aliphatic carbocycles. The number of rotatable bonds is 5. The average molecular weight is 390 g/mol. The largest absolute Gasteiger partial charge is 0.493 e. The summed E-state index contributed by atoms with van der Waals surface area (Å²) < 4.78 is 7.80. The summed E-state index contributed by atoms with van der Waals surface area (Å²) in [4.78, 5) is 12.7. The van der Waals surface area contributed by atoms with Crippen molar-refractivity contribution in [1.82, 2.24) is 14.8 Å². The van der Waals surface area contributed by atoms with Crippen molar-refractivity contribution in [2.75, 3.05) is 11.9 Å². The van der Waals surface area contributed by atoms with Gasteiger partial charge in [0.1, 0.15) is 11.6 Å². The molecule has 2 aromatic carbocycles. The molecule has 3 aromatic rings. The molecule has 0 saturated heterocycles. The van der Waals surface area contributed by atoms with Crippen molar-refractivity contribution in [3.8, 4) is 17.1 Å². The number of para-hydroxylation sites is 1. The Morgan fingerprint density at radius 3 is 2.66 bits per heavy atom. The van der Waals surface area contributed by atoms with Gasteiger partial charge in [-0.05, 0) is 56.2 Å². The molecule has 1 N–H and O–H groups in total. The van der Waals surface area contributed by atoms with Crippen LogP contribution in [0.1, 0.15) is 48.8 Å². The Balaban J connectivity index is 1.51. The average Bonchev–Trinajstić information content (AvgIpc) is 3.10. The number of ether oxygens (including phenoxy) is 1. The molecular formula is C23H26N4O2. The Bertz CT molecular complexity index is 979. The Morgan fingerprint density at radius 2 is 1.83 bits per heavy atom. The van der Waals surface area contributed by atoms with Crippen molar-refractivity contribution in [3.63, 3.8) is 0 Å². The highest BCUT2D eigenvalue weighted by Gasteiger charge is 2.16. The summed E-state index contributed by atoms with van der Waals surface area (Å²) in [6, 6.07) is 15.0. The molecule has 0 radical (unpaired) electrons. The van der Waals surface area contributed by atoms with E-state index in [9.17, 15) is 4.79 Å². The van der Waals surface area contributed by atoms with Crippen molar-refractivity contribution in [3.05, 3.63) is 59.9 Å². The van der Waals surface area contributed by atoms with Gasteiger partial charge in [0.05, 0.1) is 12.2 Å². The second kappa shape index (κ2) is 8.90. The number of hydrogen-bond acceptors (Lipinski definition) is 4. The Kier molecular flexibility index (Phi) is 5.89. The molecule has 0 bridgehead atoms. The molecule has 0 spiro atoms. The van der Waals surface area contributed by atoms with Gasteiger partial charge in [0.2, 0.25) is 0 Å². The van der Waals surface area contributed by atoms with E-state index in [0.29, 0.717) is 17.9 Å². The quantitative estimate of drug-likeness (QED) is 0.685. The van der Waals surface area contributed by atoms with E-state index < -0.39 is 0 Å². The van der Waals surface area contributed by atoms with Gasteiger partial charge < -0.3 is 14.6 Å². The second-order valence-electron chi connectivity index (χ2n) is 7.22. The van der Waals surface area contributed by atoms with Crippen LogP contribution < -0.4 is 10.1 Å². The molecule has 1 aromatic heterocycles. The van der Waals surface area contributed by atoms with Crippen LogP contribution in [0.25, 0.3) is 11.4 Å². The number of hydrogen-bond donors (Lipinski definition) is 1. The van der Waals surface area contributed by atoms with Crippen LogP contribution in [0.15, 0.2) is 48.5 Å². The summed E-state index contributed by atoms with van der Waals surface area (Å²) >= 11 is 0. The summed E-state index contributed by atoms with van der Waals surface area (Å²) in [5.74, 6) is 2.38. The smallest absolute Gasteiger partial charge is 0.259 e. The van der Waals surface area contributed by atoms with E-state index in [1.807, 2.05) is 43.3 Å². The molecular weight excluding hydrogens is 364 g/mol. The number of fused-ring (bicyclic) bond motifs is 1. The SMILES string of the molecule is CCOc1ccccc1C(=O)Nc1ccc(-c2nnc3n2CCCCCC3)cc1. The lowest BCUT2D eigenvalue weighted by molar-refractivity contribution is 0.102. The van der Waals surface area contributed by atoms with Crippen LogP contribution in [0, 0.1) is 0 Å². The maximum absolute atomic E-state index is 12.7. The molecule has 0 unspecified atom stereocenters. The third kappa shape index (κ3) is 4.31. The van der Waals surface area contributed by atoms with E-state index in [1.54, 1.807) is 12.1 Å². The summed E-state index contributed by atoms with van der Waals surface area (Å²) in [6.07, 6.45) is 5.84. The molecule has 6 nitrogen and oxygen atoms in total. The number of aryl methyl sites for hydroxylation is 1. The number of nitrogens with zero attached hydrogens (tertiary/aromatic N) is 3. The molecule has 1 aliphatic heterocycles. The molecule has 29 heavy (non-hydrogen) atoms. The number of anilines is 1. The predicted octanol–water partition coefficient (Wildman–Crippen LogP) is 4.71. The number of benzene rings is 2. The van der Waals surface area contributed by atoms with E-state index >= 15 is 0 Å². The zero-order valence-corrected chi connectivity index (χ0v) is 16.7. The van der Waals surface area contributed by atoms with E-state index in [2.05, 4.69) is 20.1 Å². The van der Waals surface area contributed by atoms with Crippen LogP contribution in [-0.2, 0) is 13.0 Å². The number of carbonyl (C=O) groups is 1. The zero-order chi connectivity index (χ0) is 20.1. The fourth-order valence-electron chi connectivity index (χ4n) is 3.71. The van der Waals surface area contributed by atoms with Crippen molar-refractivity contribution in [2.45, 2.75) is 45.6 Å². The van der Waals surface area contributed by atoms with Gasteiger partial charge in [-0.15, -0.1) is 10.2 Å². The minimum Gasteiger partial charge on any atom is -0.493 e. The van der Waals surface area contributed by atoms with Crippen LogP contribution in [0.5, 0.6) is 5.75 Å². The Hall–Kier alpha value is -3.15. The second-order valence-corrected chi connectivity index (χ2v) is 7.22. The van der Waals surface area contributed by atoms with E-state index in [-0.39, 0.29) is 5.91 Å². The molecule has 1 amide bonds. The lowest BCUT2D eigenvalue weighted by Gasteiger charge is -2.14. The third-order valence-corrected chi connectivity index (χ3v) is 5.19. The topological polar surface area (TPSA) is 69.0 Å². The fraction of sp³-hybridized carbons (Fsp3) is 0.348. The standard InChI is InChI=1S/C23H26N4O2/c1-2-29-20-10-7-6-9-19(20)23(28)24-18-14-12-17(13-15-18)22-26-25-21-11-5-3-4-8-16-27(21)22/h6-7,9-10,12-15H,2-5,8,11,16H2,1H3,(H,24,28). The van der Waals surface area contributed by atoms with Gasteiger partial charge in [0, 0.05) is 24.2 Å². The van der Waals surface area contributed by atoms with Gasteiger partial charge in [-0.2, -0.15) is 0 Å². The molecule has 6 heteroatoms. The Labute approximate surface area is 170 Å². The number of carbonyl (C=O) groups excluding carboxylic acids is 1. The van der Waals surface area contributed by atoms with Crippen molar-refractivity contribution < 1.29 is 9.53 Å². The zero-order valence-electron chi connectivity index (χ0n) is 16.7. The molecule has 0 fully saturated rings. The minimum atomic E-state index is -0.186. The van der Waals surface area contributed by atoms with Crippen LogP contribution in [0.4, 0.5) is 5.69 Å². The van der Waals surface area contributed by atoms with Gasteiger partial charge in [0.25, 0.3) is 5.91 Å². The van der Waals surface area contributed by atoms with E-state index in [4.69, 9.17) is 4.74 Å². The molecule has 150 valence electrons. The van der Waals surface area contributed by atoms with Crippen LogP contribution in [-0.4, -0.2) is 27.3 Å². The van der Waals surface area contributed by atoms with Crippen LogP contribution in [0.3, 0.4) is 0 Å². The summed E-state index contributed by atoms with van der Waals surface area (Å²) in [7, 11) is 0. The van der Waals surface area contributed by atoms with Gasteiger partial charge in [-0.25, -0.2) is 0 Å². The highest BCUT2D eigenvalue weighted by Crippen LogP contribution is 2.25. The van der Waals surface area contributed by atoms with Gasteiger partial charge in [-0.3, -0.25) is 4.79 Å². The van der Waals surface area contributed by atoms with E-state index in [1.165, 1.54) is 19.3 Å². The van der Waals surface area contributed by atoms with Crippen LogP contribution in [0.2, 0.25) is 0 Å². The Morgan fingerprint density at radius 1 is 1.03 bits per heavy atom. The molecule has 0 saturated carbocycles. The highest BCUT2D eigenvalue weighted by molar-refractivity contribution is 6.06. The number of amides is 1. The number of aromatic nitrogens is 3. The highest BCUT2D eigenvalue weighted by atomic mass is 16.5. The van der Waals surface area contributed by atoms with Crippen molar-refractivity contribution in [1.29, 1.82) is 0 Å². The van der Waals surface area contributed by atoms with Gasteiger partial charge in [-0.1, -0.05) is 25.0 Å². The minimum absolute atomic E-state index is 0.186. The summed E-state index contributed by atoms with van der Waals surface area (Å²) in [5.41, 5.74) is 2.27. The third-order valence-electron chi connectivity index (χ3n) is 5.19.